The first-order valence-electron chi connectivity index (χ1n) is 12.7. The molecule has 39 heavy (non-hydrogen) atoms. The second-order valence-corrected chi connectivity index (χ2v) is 11.3. The highest BCUT2D eigenvalue weighted by Gasteiger charge is 2.62. The van der Waals surface area contributed by atoms with E-state index in [1.165, 1.54) is 34.8 Å². The summed E-state index contributed by atoms with van der Waals surface area (Å²) in [7, 11) is -4.01. The summed E-state index contributed by atoms with van der Waals surface area (Å²) in [5.74, 6) is 0. The largest absolute Gasteiger partial charge is 0.510 e. The van der Waals surface area contributed by atoms with Gasteiger partial charge in [-0.3, -0.25) is 9.36 Å². The van der Waals surface area contributed by atoms with Crippen molar-refractivity contribution < 1.29 is 32.2 Å². The Morgan fingerprint density at radius 3 is 2.49 bits per heavy atom. The van der Waals surface area contributed by atoms with Gasteiger partial charge in [0.2, 0.25) is 10.0 Å². The molecule has 1 atom stereocenters. The molecule has 2 fully saturated rings. The van der Waals surface area contributed by atoms with Crippen LogP contribution in [0.4, 0.5) is 9.59 Å². The van der Waals surface area contributed by atoms with Gasteiger partial charge in [0.05, 0.1) is 23.1 Å². The highest BCUT2D eigenvalue weighted by atomic mass is 32.2. The molecule has 1 unspecified atom stereocenters. The monoisotopic (exact) mass is 555 g/mol. The number of aromatic nitrogens is 1. The molecule has 1 N–H and O–H groups in total. The Labute approximate surface area is 225 Å². The number of rotatable bonds is 8. The molecule has 1 saturated carbocycles. The Morgan fingerprint density at radius 1 is 1.00 bits per heavy atom. The molecule has 2 heterocycles. The molecule has 0 bridgehead atoms. The first kappa shape index (κ1) is 26.7. The zero-order valence-electron chi connectivity index (χ0n) is 21.4. The van der Waals surface area contributed by atoms with Crippen molar-refractivity contribution in [1.82, 2.24) is 14.2 Å². The van der Waals surface area contributed by atoms with Crippen molar-refractivity contribution in [3.8, 4) is 0 Å². The van der Waals surface area contributed by atoms with Crippen molar-refractivity contribution in [2.45, 2.75) is 56.0 Å². The highest BCUT2D eigenvalue weighted by Crippen LogP contribution is 2.52. The van der Waals surface area contributed by atoms with Gasteiger partial charge >= 0.3 is 12.2 Å². The Hall–Kier alpha value is -3.90. The lowest BCUT2D eigenvalue weighted by molar-refractivity contribution is 0.0362. The molecule has 1 spiro atoms. The number of amides is 1. The van der Waals surface area contributed by atoms with Crippen molar-refractivity contribution in [3.63, 3.8) is 0 Å². The summed E-state index contributed by atoms with van der Waals surface area (Å²) in [4.78, 5) is 37.1. The number of carbonyl (C=O) groups excluding carboxylic acids is 2. The van der Waals surface area contributed by atoms with Crippen LogP contribution in [0.25, 0.3) is 10.8 Å². The van der Waals surface area contributed by atoms with Crippen molar-refractivity contribution in [3.05, 3.63) is 76.7 Å². The van der Waals surface area contributed by atoms with E-state index in [1.807, 2.05) is 30.3 Å². The fraction of sp³-hybridized carbons (Fsp3) is 0.370. The maximum atomic E-state index is 13.9. The zero-order chi connectivity index (χ0) is 27.6. The molecule has 0 radical (unpaired) electrons. The Kier molecular flexibility index (Phi) is 7.32. The molecule has 12 heteroatoms. The van der Waals surface area contributed by atoms with E-state index in [-0.39, 0.29) is 48.2 Å². The van der Waals surface area contributed by atoms with Gasteiger partial charge in [0.1, 0.15) is 6.61 Å². The second-order valence-electron chi connectivity index (χ2n) is 9.49. The number of hydrogen-bond donors (Lipinski definition) is 1. The molecule has 1 amide bonds. The third-order valence-corrected chi connectivity index (χ3v) is 9.20. The van der Waals surface area contributed by atoms with Crippen LogP contribution >= 0.6 is 0 Å². The van der Waals surface area contributed by atoms with Crippen LogP contribution in [-0.2, 0) is 37.6 Å². The molecule has 2 aromatic carbocycles. The van der Waals surface area contributed by atoms with Gasteiger partial charge in [-0.15, -0.1) is 0 Å². The molecule has 206 valence electrons. The predicted octanol–water partition coefficient (Wildman–Crippen LogP) is 3.35. The van der Waals surface area contributed by atoms with Crippen LogP contribution in [0.3, 0.4) is 0 Å². The predicted molar refractivity (Wildman–Crippen MR) is 140 cm³/mol. The summed E-state index contributed by atoms with van der Waals surface area (Å²) in [5, 5.41) is 3.31. The maximum Gasteiger partial charge on any atom is 0.510 e. The average molecular weight is 556 g/mol. The smallest absolute Gasteiger partial charge is 0.445 e. The standard InChI is InChI=1S/C27H29N3O8S/c1-2-36-26(33)38-18-29-15-11-20-21(24(29)31)9-6-10-22(20)39(34,35)30-16-12-23(27(30)13-14-27)28-25(32)37-17-19-7-4-3-5-8-19/h3-11,15,23H,2,12-14,16-18H2,1H3,(H,28,32). The summed E-state index contributed by atoms with van der Waals surface area (Å²) >= 11 is 0. The van der Waals surface area contributed by atoms with Crippen LogP contribution in [-0.4, -0.2) is 54.3 Å². The fourth-order valence-electron chi connectivity index (χ4n) is 5.13. The van der Waals surface area contributed by atoms with E-state index in [0.717, 1.165) is 10.1 Å². The number of ether oxygens (including phenoxy) is 3. The normalized spacial score (nSPS) is 18.1. The van der Waals surface area contributed by atoms with Crippen LogP contribution in [0.2, 0.25) is 0 Å². The SMILES string of the molecule is CCOC(=O)OCn1ccc2c(S(=O)(=O)N3CCC(NC(=O)OCc4ccccc4)C34CC4)cccc2c1=O. The van der Waals surface area contributed by atoms with Gasteiger partial charge < -0.3 is 19.5 Å². The minimum Gasteiger partial charge on any atom is -0.445 e. The average Bonchev–Trinajstić information content (AvgIpc) is 3.64. The van der Waals surface area contributed by atoms with Gasteiger partial charge in [-0.05, 0) is 49.9 Å². The molecule has 1 saturated heterocycles. The number of nitrogens with one attached hydrogen (secondary N) is 1. The molecule has 1 aliphatic heterocycles. The van der Waals surface area contributed by atoms with E-state index >= 15 is 0 Å². The summed E-state index contributed by atoms with van der Waals surface area (Å²) < 4.78 is 45.4. The number of hydrogen-bond acceptors (Lipinski definition) is 8. The Bertz CT molecular complexity index is 1550. The number of alkyl carbamates (subject to hydrolysis) is 1. The molecule has 2 aliphatic rings. The molecular weight excluding hydrogens is 526 g/mol. The first-order valence-corrected chi connectivity index (χ1v) is 14.1. The number of fused-ring (bicyclic) bond motifs is 1. The van der Waals surface area contributed by atoms with E-state index in [9.17, 15) is 22.8 Å². The summed E-state index contributed by atoms with van der Waals surface area (Å²) in [6.07, 6.45) is 1.55. The molecule has 5 rings (SSSR count). The van der Waals surface area contributed by atoms with Crippen LogP contribution < -0.4 is 10.9 Å². The summed E-state index contributed by atoms with van der Waals surface area (Å²) in [6.45, 7) is 1.75. The van der Waals surface area contributed by atoms with Crippen molar-refractivity contribution >= 4 is 33.0 Å². The van der Waals surface area contributed by atoms with Crippen molar-refractivity contribution in [1.29, 1.82) is 0 Å². The van der Waals surface area contributed by atoms with E-state index in [0.29, 0.717) is 19.3 Å². The fourth-order valence-corrected chi connectivity index (χ4v) is 7.21. The van der Waals surface area contributed by atoms with Gasteiger partial charge in [0, 0.05) is 23.5 Å². The van der Waals surface area contributed by atoms with E-state index in [2.05, 4.69) is 5.32 Å². The molecule has 1 aliphatic carbocycles. The maximum absolute atomic E-state index is 13.9. The number of carbonyl (C=O) groups is 2. The van der Waals surface area contributed by atoms with Crippen molar-refractivity contribution in [2.24, 2.45) is 0 Å². The molecule has 3 aromatic rings. The lowest BCUT2D eigenvalue weighted by atomic mass is 10.1. The van der Waals surface area contributed by atoms with E-state index in [4.69, 9.17) is 14.2 Å². The van der Waals surface area contributed by atoms with E-state index in [1.54, 1.807) is 6.92 Å². The summed E-state index contributed by atoms with van der Waals surface area (Å²) in [6, 6.07) is 14.9. The van der Waals surface area contributed by atoms with Crippen LogP contribution in [0.5, 0.6) is 0 Å². The molecular formula is C27H29N3O8S. The van der Waals surface area contributed by atoms with Crippen molar-refractivity contribution in [2.75, 3.05) is 13.2 Å². The van der Waals surface area contributed by atoms with Gasteiger partial charge in [0.25, 0.3) is 5.56 Å². The number of nitrogens with zero attached hydrogens (tertiary/aromatic N) is 2. The van der Waals surface area contributed by atoms with Crippen LogP contribution in [0, 0.1) is 0 Å². The minimum atomic E-state index is -4.01. The second kappa shape index (κ2) is 10.7. The highest BCUT2D eigenvalue weighted by molar-refractivity contribution is 7.89. The Morgan fingerprint density at radius 2 is 1.77 bits per heavy atom. The van der Waals surface area contributed by atoms with Gasteiger partial charge in [-0.2, -0.15) is 4.31 Å². The zero-order valence-corrected chi connectivity index (χ0v) is 22.2. The quantitative estimate of drug-likeness (QED) is 0.419. The minimum absolute atomic E-state index is 0.00846. The molecule has 1 aromatic heterocycles. The lowest BCUT2D eigenvalue weighted by Crippen LogP contribution is -2.48. The van der Waals surface area contributed by atoms with Gasteiger partial charge in [-0.25, -0.2) is 18.0 Å². The Balaban J connectivity index is 1.34. The van der Waals surface area contributed by atoms with Crippen LogP contribution in [0.15, 0.2) is 70.5 Å². The van der Waals surface area contributed by atoms with Gasteiger partial charge in [-0.1, -0.05) is 36.4 Å². The number of sulfonamides is 1. The molecule has 11 nitrogen and oxygen atoms in total. The van der Waals surface area contributed by atoms with Crippen LogP contribution in [0.1, 0.15) is 31.7 Å². The number of pyridine rings is 1. The summed E-state index contributed by atoms with van der Waals surface area (Å²) in [5.41, 5.74) is -0.376. The van der Waals surface area contributed by atoms with E-state index < -0.39 is 33.4 Å². The van der Waals surface area contributed by atoms with Gasteiger partial charge in [0.15, 0.2) is 6.73 Å². The topological polar surface area (TPSA) is 133 Å². The number of benzene rings is 2. The first-order chi connectivity index (χ1) is 18.8. The third kappa shape index (κ3) is 5.21. The lowest BCUT2D eigenvalue weighted by Gasteiger charge is -2.28. The third-order valence-electron chi connectivity index (χ3n) is 7.16.